The summed E-state index contributed by atoms with van der Waals surface area (Å²) in [6.45, 7) is 27.0. The highest BCUT2D eigenvalue weighted by Crippen LogP contribution is 2.45. The Morgan fingerprint density at radius 2 is 1.03 bits per heavy atom. The van der Waals surface area contributed by atoms with Crippen LogP contribution in [0.15, 0.2) is 0 Å². The molecule has 3 atom stereocenters. The molecule has 3 unspecified atom stereocenters. The second-order valence-electron chi connectivity index (χ2n) is 11.1. The lowest BCUT2D eigenvalue weighted by molar-refractivity contribution is -0.0227. The molecular weight excluding hydrogens is 420 g/mol. The monoisotopic (exact) mass is 472 g/mol. The summed E-state index contributed by atoms with van der Waals surface area (Å²) >= 11 is 0. The van der Waals surface area contributed by atoms with Crippen molar-refractivity contribution in [2.24, 2.45) is 0 Å². The Balaban J connectivity index is 5.96. The predicted molar refractivity (Wildman–Crippen MR) is 138 cm³/mol. The average Bonchev–Trinajstić information content (AvgIpc) is 2.63. The van der Waals surface area contributed by atoms with Crippen LogP contribution in [0.1, 0.15) is 89.5 Å². The zero-order valence-electron chi connectivity index (χ0n) is 22.4. The molecule has 6 heteroatoms. The van der Waals surface area contributed by atoms with Gasteiger partial charge in [-0.05, 0) is 33.2 Å². The maximum absolute atomic E-state index is 11.3. The van der Waals surface area contributed by atoms with E-state index in [-0.39, 0.29) is 13.0 Å². The van der Waals surface area contributed by atoms with Gasteiger partial charge >= 0.3 is 0 Å². The molecule has 0 radical (unpaired) electrons. The summed E-state index contributed by atoms with van der Waals surface area (Å²) in [4.78, 5) is 0. The molecule has 0 saturated carbocycles. The number of aliphatic hydroxyl groups excluding tert-OH is 2. The van der Waals surface area contributed by atoms with Gasteiger partial charge in [0.2, 0.25) is 8.32 Å². The Labute approximate surface area is 195 Å². The van der Waals surface area contributed by atoms with Crippen LogP contribution in [-0.2, 0) is 8.85 Å². The van der Waals surface area contributed by atoms with Crippen LogP contribution in [0.2, 0.25) is 33.2 Å². The Morgan fingerprint density at radius 3 is 1.32 bits per heavy atom. The minimum absolute atomic E-state index is 0.224. The summed E-state index contributed by atoms with van der Waals surface area (Å²) in [5.74, 6) is 2.40. The van der Waals surface area contributed by atoms with Crippen molar-refractivity contribution in [1.82, 2.24) is 0 Å². The molecule has 0 aromatic heterocycles. The number of hydrogen-bond acceptors (Lipinski definition) is 4. The van der Waals surface area contributed by atoms with E-state index in [1.807, 2.05) is 0 Å². The third-order valence-electron chi connectivity index (χ3n) is 7.35. The smallest absolute Gasteiger partial charge is 0.200 e. The second-order valence-corrected chi connectivity index (χ2v) is 22.0. The van der Waals surface area contributed by atoms with Gasteiger partial charge in [-0.1, -0.05) is 89.0 Å². The Bertz CT molecular complexity index is 509. The van der Waals surface area contributed by atoms with E-state index in [1.54, 1.807) is 0 Å². The fourth-order valence-corrected chi connectivity index (χ4v) is 17.1. The highest BCUT2D eigenvalue weighted by Gasteiger charge is 2.49. The minimum atomic E-state index is -2.26. The molecule has 184 valence electrons. The van der Waals surface area contributed by atoms with E-state index < -0.39 is 34.9 Å². The highest BCUT2D eigenvalue weighted by molar-refractivity contribution is 6.78. The fourth-order valence-electron chi connectivity index (χ4n) is 6.08. The van der Waals surface area contributed by atoms with Gasteiger partial charge < -0.3 is 19.1 Å². The standard InChI is InChI=1S/C25H52O4Si2/c1-14-23(26)15-25(29-31(20(8)9,21(10)11)22(12)13)24(27)16-28-30(17(2)3,18(4)5)19(6)7/h1,17-27H,15-16H2,2-13H3. The van der Waals surface area contributed by atoms with E-state index in [9.17, 15) is 10.2 Å². The Morgan fingerprint density at radius 1 is 0.677 bits per heavy atom. The third-order valence-corrected chi connectivity index (χ3v) is 19.6. The number of hydrogen-bond donors (Lipinski definition) is 2. The molecule has 0 rings (SSSR count). The summed E-state index contributed by atoms with van der Waals surface area (Å²) in [6.07, 6.45) is 3.39. The molecule has 0 aromatic carbocycles. The number of terminal acetylenes is 1. The van der Waals surface area contributed by atoms with E-state index in [2.05, 4.69) is 89.0 Å². The van der Waals surface area contributed by atoms with Crippen molar-refractivity contribution in [2.75, 3.05) is 6.61 Å². The van der Waals surface area contributed by atoms with Crippen LogP contribution in [0.25, 0.3) is 0 Å². The van der Waals surface area contributed by atoms with Crippen molar-refractivity contribution in [2.45, 2.75) is 141 Å². The van der Waals surface area contributed by atoms with Crippen LogP contribution in [-0.4, -0.2) is 51.8 Å². The molecule has 0 spiro atoms. The highest BCUT2D eigenvalue weighted by atomic mass is 28.4. The van der Waals surface area contributed by atoms with Crippen molar-refractivity contribution in [3.63, 3.8) is 0 Å². The third kappa shape index (κ3) is 7.16. The first-order chi connectivity index (χ1) is 14.1. The van der Waals surface area contributed by atoms with E-state index in [0.717, 1.165) is 0 Å². The van der Waals surface area contributed by atoms with Crippen molar-refractivity contribution >= 4 is 16.6 Å². The van der Waals surface area contributed by atoms with E-state index in [1.165, 1.54) is 0 Å². The predicted octanol–water partition coefficient (Wildman–Crippen LogP) is 6.48. The molecule has 4 nitrogen and oxygen atoms in total. The Hall–Kier alpha value is -0.166. The zero-order valence-corrected chi connectivity index (χ0v) is 24.4. The quantitative estimate of drug-likeness (QED) is 0.224. The van der Waals surface area contributed by atoms with E-state index in [4.69, 9.17) is 15.3 Å². The molecule has 0 aromatic rings. The molecule has 0 fully saturated rings. The van der Waals surface area contributed by atoms with Crippen molar-refractivity contribution in [1.29, 1.82) is 0 Å². The molecule has 0 aliphatic heterocycles. The van der Waals surface area contributed by atoms with Crippen LogP contribution >= 0.6 is 0 Å². The van der Waals surface area contributed by atoms with Crippen LogP contribution < -0.4 is 0 Å². The summed E-state index contributed by atoms with van der Waals surface area (Å²) in [5.41, 5.74) is 2.44. The molecule has 2 N–H and O–H groups in total. The molecule has 0 aliphatic carbocycles. The normalized spacial score (nSPS) is 16.6. The van der Waals surface area contributed by atoms with Gasteiger partial charge in [-0.2, -0.15) is 0 Å². The summed E-state index contributed by atoms with van der Waals surface area (Å²) in [5, 5.41) is 21.5. The van der Waals surface area contributed by atoms with Crippen molar-refractivity contribution < 1.29 is 19.1 Å². The van der Waals surface area contributed by atoms with Crippen LogP contribution in [0.4, 0.5) is 0 Å². The van der Waals surface area contributed by atoms with Gasteiger partial charge in [0.15, 0.2) is 8.32 Å². The largest absolute Gasteiger partial charge is 0.413 e. The van der Waals surface area contributed by atoms with Gasteiger partial charge in [0.1, 0.15) is 12.2 Å². The Kier molecular flexibility index (Phi) is 12.8. The van der Waals surface area contributed by atoms with Crippen molar-refractivity contribution in [3.05, 3.63) is 0 Å². The first-order valence-corrected chi connectivity index (χ1v) is 16.5. The summed E-state index contributed by atoms with van der Waals surface area (Å²) in [6, 6.07) is 0. The molecule has 31 heavy (non-hydrogen) atoms. The lowest BCUT2D eigenvalue weighted by atomic mass is 10.1. The number of rotatable bonds is 14. The van der Waals surface area contributed by atoms with Crippen LogP contribution in [0, 0.1) is 12.3 Å². The summed E-state index contributed by atoms with van der Waals surface area (Å²) in [7, 11) is -4.37. The molecule has 0 saturated heterocycles. The van der Waals surface area contributed by atoms with E-state index in [0.29, 0.717) is 33.2 Å². The SMILES string of the molecule is C#CC(O)CC(O[Si](C(C)C)(C(C)C)C(C)C)C(O)CO[Si](C(C)C)(C(C)C)C(C)C. The maximum Gasteiger partial charge on any atom is 0.200 e. The summed E-state index contributed by atoms with van der Waals surface area (Å²) < 4.78 is 13.5. The van der Waals surface area contributed by atoms with Gasteiger partial charge in [0, 0.05) is 6.42 Å². The van der Waals surface area contributed by atoms with Crippen LogP contribution in [0.5, 0.6) is 0 Å². The molecule has 0 heterocycles. The minimum Gasteiger partial charge on any atom is -0.413 e. The molecular formula is C25H52O4Si2. The van der Waals surface area contributed by atoms with Crippen molar-refractivity contribution in [3.8, 4) is 12.3 Å². The lowest BCUT2D eigenvalue weighted by Crippen LogP contribution is -2.55. The lowest BCUT2D eigenvalue weighted by Gasteiger charge is -2.46. The first-order valence-electron chi connectivity index (χ1n) is 12.2. The van der Waals surface area contributed by atoms with Gasteiger partial charge in [-0.25, -0.2) is 0 Å². The van der Waals surface area contributed by atoms with Gasteiger partial charge in [0.25, 0.3) is 0 Å². The van der Waals surface area contributed by atoms with Gasteiger partial charge in [-0.3, -0.25) is 0 Å². The maximum atomic E-state index is 11.3. The molecule has 0 bridgehead atoms. The topological polar surface area (TPSA) is 58.9 Å². The van der Waals surface area contributed by atoms with Gasteiger partial charge in [0.05, 0.1) is 12.7 Å². The second kappa shape index (κ2) is 12.9. The number of aliphatic hydroxyl groups is 2. The van der Waals surface area contributed by atoms with Gasteiger partial charge in [-0.15, -0.1) is 6.42 Å². The fraction of sp³-hybridized carbons (Fsp3) is 0.920. The molecule has 0 aliphatic rings. The van der Waals surface area contributed by atoms with E-state index >= 15 is 0 Å². The van der Waals surface area contributed by atoms with Crippen LogP contribution in [0.3, 0.4) is 0 Å². The molecule has 0 amide bonds. The average molecular weight is 473 g/mol. The first kappa shape index (κ1) is 30.8. The zero-order chi connectivity index (χ0) is 24.7.